The fraction of sp³-hybridized carbons (Fsp3) is 0.125. The first kappa shape index (κ1) is 20.0. The Balaban J connectivity index is 1.65. The van der Waals surface area contributed by atoms with E-state index in [1.54, 1.807) is 54.6 Å². The Labute approximate surface area is 176 Å². The molecule has 1 aliphatic heterocycles. The van der Waals surface area contributed by atoms with Crippen molar-refractivity contribution >= 4 is 24.1 Å². The first-order chi connectivity index (χ1) is 14.7. The van der Waals surface area contributed by atoms with Gasteiger partial charge in [0.25, 0.3) is 0 Å². The van der Waals surface area contributed by atoms with Gasteiger partial charge in [0.15, 0.2) is 0 Å². The van der Waals surface area contributed by atoms with Crippen LogP contribution in [-0.4, -0.2) is 17.5 Å². The number of allylic oxidation sites excluding steroid dienone is 1. The van der Waals surface area contributed by atoms with Crippen LogP contribution in [0.4, 0.5) is 4.79 Å². The maximum absolute atomic E-state index is 14.2. The quantitative estimate of drug-likeness (QED) is 0.542. The largest absolute Gasteiger partial charge is 0.422 e. The monoisotopic (exact) mass is 419 g/mol. The number of rotatable bonds is 5. The number of hydrogen-bond donors (Lipinski definition) is 0. The highest BCUT2D eigenvalue weighted by atomic mass is 31.2. The van der Waals surface area contributed by atoms with Crippen LogP contribution < -0.4 is 15.3 Å². The highest BCUT2D eigenvalue weighted by molar-refractivity contribution is 7.74. The molecule has 4 rings (SSSR count). The molecule has 1 aliphatic rings. The van der Waals surface area contributed by atoms with Crippen molar-refractivity contribution in [2.45, 2.75) is 12.8 Å². The lowest BCUT2D eigenvalue weighted by Gasteiger charge is -2.30. The van der Waals surface area contributed by atoms with Gasteiger partial charge >= 0.3 is 13.5 Å². The van der Waals surface area contributed by atoms with Gasteiger partial charge in [0.2, 0.25) is 5.88 Å². The van der Waals surface area contributed by atoms with Crippen LogP contribution in [0.15, 0.2) is 103 Å². The summed E-state index contributed by atoms with van der Waals surface area (Å²) < 4.78 is 25.8. The predicted molar refractivity (Wildman–Crippen MR) is 117 cm³/mol. The molecule has 0 spiro atoms. The summed E-state index contributed by atoms with van der Waals surface area (Å²) in [5.41, 5.74) is 0. The molecule has 0 N–H and O–H groups in total. The molecule has 0 saturated carbocycles. The molecule has 3 aromatic carbocycles. The predicted octanol–water partition coefficient (Wildman–Crippen LogP) is 5.07. The van der Waals surface area contributed by atoms with Crippen molar-refractivity contribution in [2.75, 3.05) is 6.54 Å². The molecule has 0 atom stereocenters. The Morgan fingerprint density at radius 2 is 1.33 bits per heavy atom. The minimum Gasteiger partial charge on any atom is -0.420 e. The number of para-hydroxylation sites is 1. The number of ether oxygens (including phenoxy) is 1. The van der Waals surface area contributed by atoms with Crippen LogP contribution in [0.1, 0.15) is 12.8 Å². The lowest BCUT2D eigenvalue weighted by Crippen LogP contribution is -2.37. The molecule has 0 fully saturated rings. The van der Waals surface area contributed by atoms with Crippen molar-refractivity contribution in [1.82, 2.24) is 4.90 Å². The molecule has 5 nitrogen and oxygen atoms in total. The van der Waals surface area contributed by atoms with Crippen molar-refractivity contribution in [3.05, 3.63) is 103 Å². The Hall–Kier alpha value is -3.30. The summed E-state index contributed by atoms with van der Waals surface area (Å²) in [7, 11) is -3.47. The molecule has 30 heavy (non-hydrogen) atoms. The van der Waals surface area contributed by atoms with E-state index in [1.807, 2.05) is 42.5 Å². The van der Waals surface area contributed by atoms with E-state index in [-0.39, 0.29) is 5.88 Å². The lowest BCUT2D eigenvalue weighted by atomic mass is 10.2. The van der Waals surface area contributed by atoms with Crippen molar-refractivity contribution in [1.29, 1.82) is 0 Å². The third kappa shape index (κ3) is 4.32. The third-order valence-corrected chi connectivity index (χ3v) is 7.15. The topological polar surface area (TPSA) is 55.8 Å². The van der Waals surface area contributed by atoms with Gasteiger partial charge in [-0.2, -0.15) is 0 Å². The number of benzene rings is 3. The fourth-order valence-electron chi connectivity index (χ4n) is 3.24. The van der Waals surface area contributed by atoms with E-state index < -0.39 is 13.5 Å². The Kier molecular flexibility index (Phi) is 6.01. The first-order valence-electron chi connectivity index (χ1n) is 9.82. The number of carbonyl (C=O) groups is 1. The minimum atomic E-state index is -3.47. The van der Waals surface area contributed by atoms with Gasteiger partial charge in [0.05, 0.1) is 10.6 Å². The van der Waals surface area contributed by atoms with Crippen LogP contribution in [-0.2, 0) is 9.09 Å². The molecule has 1 heterocycles. The second-order valence-electron chi connectivity index (χ2n) is 6.83. The van der Waals surface area contributed by atoms with Crippen LogP contribution in [0.25, 0.3) is 0 Å². The van der Waals surface area contributed by atoms with Crippen molar-refractivity contribution in [3.63, 3.8) is 0 Å². The molecule has 1 amide bonds. The van der Waals surface area contributed by atoms with E-state index in [1.165, 1.54) is 4.90 Å². The molecule has 0 bridgehead atoms. The lowest BCUT2D eigenvalue weighted by molar-refractivity contribution is 0.140. The van der Waals surface area contributed by atoms with Crippen LogP contribution in [0, 0.1) is 0 Å². The molecule has 3 aromatic rings. The van der Waals surface area contributed by atoms with Gasteiger partial charge in [-0.15, -0.1) is 0 Å². The number of amides is 1. The third-order valence-electron chi connectivity index (χ3n) is 4.75. The van der Waals surface area contributed by atoms with Gasteiger partial charge in [0.1, 0.15) is 5.75 Å². The van der Waals surface area contributed by atoms with Crippen LogP contribution >= 0.6 is 7.37 Å². The van der Waals surface area contributed by atoms with Gasteiger partial charge in [-0.25, -0.2) is 9.69 Å². The molecule has 0 aliphatic carbocycles. The van der Waals surface area contributed by atoms with Crippen LogP contribution in [0.2, 0.25) is 0 Å². The Morgan fingerprint density at radius 1 is 0.800 bits per heavy atom. The summed E-state index contributed by atoms with van der Waals surface area (Å²) in [5.74, 6) is 0.708. The molecule has 6 heteroatoms. The normalized spacial score (nSPS) is 14.0. The van der Waals surface area contributed by atoms with Crippen molar-refractivity contribution in [3.8, 4) is 5.75 Å². The zero-order chi connectivity index (χ0) is 20.8. The highest BCUT2D eigenvalue weighted by Gasteiger charge is 2.34. The van der Waals surface area contributed by atoms with Gasteiger partial charge in [-0.1, -0.05) is 54.6 Å². The zero-order valence-electron chi connectivity index (χ0n) is 16.4. The number of nitrogens with zero attached hydrogens (tertiary/aromatic N) is 1. The number of hydrogen-bond acceptors (Lipinski definition) is 4. The van der Waals surface area contributed by atoms with E-state index in [0.717, 1.165) is 12.8 Å². The molecule has 0 radical (unpaired) electrons. The minimum absolute atomic E-state index is 0.262. The zero-order valence-corrected chi connectivity index (χ0v) is 17.3. The van der Waals surface area contributed by atoms with E-state index in [4.69, 9.17) is 9.26 Å². The highest BCUT2D eigenvalue weighted by Crippen LogP contribution is 2.47. The molecule has 0 unspecified atom stereocenters. The van der Waals surface area contributed by atoms with E-state index >= 15 is 0 Å². The summed E-state index contributed by atoms with van der Waals surface area (Å²) >= 11 is 0. The average Bonchev–Trinajstić information content (AvgIpc) is 2.81. The van der Waals surface area contributed by atoms with Gasteiger partial charge < -0.3 is 9.26 Å². The smallest absolute Gasteiger partial charge is 0.420 e. The summed E-state index contributed by atoms with van der Waals surface area (Å²) in [4.78, 5) is 14.2. The second-order valence-corrected chi connectivity index (χ2v) is 9.15. The Bertz CT molecular complexity index is 1020. The average molecular weight is 419 g/mol. The van der Waals surface area contributed by atoms with Crippen molar-refractivity contribution in [2.24, 2.45) is 0 Å². The maximum Gasteiger partial charge on any atom is 0.422 e. The summed E-state index contributed by atoms with van der Waals surface area (Å²) in [6.07, 6.45) is 2.75. The number of carbonyl (C=O) groups excluding carboxylic acids is 1. The molecule has 152 valence electrons. The van der Waals surface area contributed by atoms with Gasteiger partial charge in [0, 0.05) is 6.54 Å². The van der Waals surface area contributed by atoms with Crippen molar-refractivity contribution < 1.29 is 18.6 Å². The van der Waals surface area contributed by atoms with E-state index in [0.29, 0.717) is 22.9 Å². The Morgan fingerprint density at radius 3 is 1.90 bits per heavy atom. The summed E-state index contributed by atoms with van der Waals surface area (Å²) in [6.45, 7) is 0.432. The van der Waals surface area contributed by atoms with E-state index in [2.05, 4.69) is 0 Å². The van der Waals surface area contributed by atoms with Gasteiger partial charge in [-0.3, -0.25) is 4.57 Å². The maximum atomic E-state index is 14.2. The molecular weight excluding hydrogens is 397 g/mol. The molecule has 0 aromatic heterocycles. The van der Waals surface area contributed by atoms with Crippen LogP contribution in [0.3, 0.4) is 0 Å². The summed E-state index contributed by atoms with van der Waals surface area (Å²) in [6, 6.07) is 27.0. The van der Waals surface area contributed by atoms with Crippen LogP contribution in [0.5, 0.6) is 5.75 Å². The fourth-order valence-corrected chi connectivity index (χ4v) is 5.32. The molecular formula is C24H22NO4P. The standard InChI is InChI=1S/C24H22NO4P/c26-24(28-20-12-4-1-5-13-20)25-19-11-10-18-23(25)29-30(27,21-14-6-2-7-15-21)22-16-8-3-9-17-22/h1-9,12-18H,10-11,19H2. The molecule has 0 saturated heterocycles. The first-order valence-corrected chi connectivity index (χ1v) is 11.4. The summed E-state index contributed by atoms with van der Waals surface area (Å²) in [5, 5.41) is 1.14. The second kappa shape index (κ2) is 9.02. The SMILES string of the molecule is O=C(Oc1ccccc1)N1CCCC=C1OP(=O)(c1ccccc1)c1ccccc1. The van der Waals surface area contributed by atoms with Gasteiger partial charge in [-0.05, 0) is 55.3 Å². The van der Waals surface area contributed by atoms with E-state index in [9.17, 15) is 9.36 Å².